The Labute approximate surface area is 103 Å². The predicted octanol–water partition coefficient (Wildman–Crippen LogP) is -0.0601. The number of sulfone groups is 1. The zero-order valence-electron chi connectivity index (χ0n) is 8.79. The van der Waals surface area contributed by atoms with Crippen molar-refractivity contribution in [3.63, 3.8) is 0 Å². The lowest BCUT2D eigenvalue weighted by atomic mass is 9.67. The Morgan fingerprint density at radius 1 is 1.28 bits per heavy atom. The number of aromatic nitrogens is 3. The molecule has 0 atom stereocenters. The van der Waals surface area contributed by atoms with Gasteiger partial charge in [0.05, 0.1) is 4.90 Å². The molecular weight excluding hydrogens is 262 g/mol. The molecule has 0 unspecified atom stereocenters. The number of halogens is 2. The summed E-state index contributed by atoms with van der Waals surface area (Å²) in [6, 6.07) is 2.25. The molecule has 0 bridgehead atoms. The molecule has 0 saturated carbocycles. The summed E-state index contributed by atoms with van der Waals surface area (Å²) in [4.78, 5) is -0.412. The third-order valence-electron chi connectivity index (χ3n) is 2.12. The maximum atomic E-state index is 13.0. The Morgan fingerprint density at radius 3 is 2.56 bits per heavy atom. The number of hydrogen-bond donors (Lipinski definition) is 0. The molecule has 0 N–H and O–H groups in total. The number of benzene rings is 1. The maximum absolute atomic E-state index is 13.0. The fraction of sp³-hybridized carbons (Fsp3) is 0. The monoisotopic (exact) mass is 266 g/mol. The topological polar surface area (TPSA) is 64.8 Å². The van der Waals surface area contributed by atoms with Gasteiger partial charge in [-0.3, -0.25) is 0 Å². The van der Waals surface area contributed by atoms with E-state index in [0.717, 1.165) is 30.2 Å². The fourth-order valence-corrected chi connectivity index (χ4v) is 2.36. The van der Waals surface area contributed by atoms with Crippen LogP contribution >= 0.6 is 0 Å². The highest BCUT2D eigenvalue weighted by molar-refractivity contribution is 7.91. The first-order chi connectivity index (χ1) is 8.45. The van der Waals surface area contributed by atoms with Crippen molar-refractivity contribution < 1.29 is 17.2 Å². The molecule has 0 fully saturated rings. The average Bonchev–Trinajstić information content (AvgIpc) is 2.81. The van der Waals surface area contributed by atoms with Gasteiger partial charge in [-0.1, -0.05) is 5.21 Å². The van der Waals surface area contributed by atoms with Gasteiger partial charge in [0.15, 0.2) is 11.6 Å². The van der Waals surface area contributed by atoms with Gasteiger partial charge in [0.1, 0.15) is 0 Å². The van der Waals surface area contributed by atoms with Crippen LogP contribution in [0.2, 0.25) is 0 Å². The zero-order chi connectivity index (χ0) is 13.3. The van der Waals surface area contributed by atoms with E-state index in [1.54, 1.807) is 0 Å². The van der Waals surface area contributed by atoms with E-state index in [0.29, 0.717) is 6.07 Å². The lowest BCUT2D eigenvalue weighted by Crippen LogP contribution is -2.06. The summed E-state index contributed by atoms with van der Waals surface area (Å²) in [7, 11) is 2.07. The Morgan fingerprint density at radius 2 is 2.00 bits per heavy atom. The summed E-state index contributed by atoms with van der Waals surface area (Å²) in [5, 5.41) is 6.38. The number of rotatable bonds is 3. The third kappa shape index (κ3) is 2.15. The molecule has 0 aliphatic rings. The molecule has 18 heavy (non-hydrogen) atoms. The summed E-state index contributed by atoms with van der Waals surface area (Å²) in [6.45, 7) is 0. The van der Waals surface area contributed by atoms with E-state index in [9.17, 15) is 17.2 Å². The van der Waals surface area contributed by atoms with E-state index in [4.69, 9.17) is 7.74 Å². The van der Waals surface area contributed by atoms with Crippen molar-refractivity contribution in [3.8, 4) is 0 Å². The largest absolute Gasteiger partial charge is 0.313 e. The summed E-state index contributed by atoms with van der Waals surface area (Å²) in [6.07, 6.45) is 1.05. The Balaban J connectivity index is 2.50. The van der Waals surface area contributed by atoms with Crippen LogP contribution < -0.4 is 0 Å². The van der Waals surface area contributed by atoms with Crippen molar-refractivity contribution in [1.82, 2.24) is 14.9 Å². The lowest BCUT2D eigenvalue weighted by molar-refractivity contribution is 0.504. The lowest BCUT2D eigenvalue weighted by Gasteiger charge is -2.01. The smallest absolute Gasteiger partial charge is 0.227 e. The highest BCUT2D eigenvalue weighted by Crippen LogP contribution is 2.20. The van der Waals surface area contributed by atoms with E-state index in [1.807, 2.05) is 0 Å². The summed E-state index contributed by atoms with van der Waals surface area (Å²) < 4.78 is 50.6. The Bertz CT molecular complexity index is 689. The molecule has 1 aromatic carbocycles. The molecule has 2 rings (SSSR count). The quantitative estimate of drug-likeness (QED) is 0.576. The Kier molecular flexibility index (Phi) is 3.20. The minimum absolute atomic E-state index is 0.407. The van der Waals surface area contributed by atoms with Crippen LogP contribution in [-0.4, -0.2) is 38.4 Å². The first-order valence-corrected chi connectivity index (χ1v) is 6.10. The predicted molar refractivity (Wildman–Crippen MR) is 58.7 cm³/mol. The Hall–Kier alpha value is -1.70. The molecule has 89 valence electrons. The molecule has 0 amide bonds. The number of nitrogens with zero attached hydrogens (tertiary/aromatic N) is 3. The summed E-state index contributed by atoms with van der Waals surface area (Å²) >= 11 is 0. The minimum Gasteiger partial charge on any atom is -0.313 e. The van der Waals surface area contributed by atoms with Crippen LogP contribution in [0.4, 0.5) is 8.78 Å². The highest BCUT2D eigenvalue weighted by atomic mass is 32.2. The van der Waals surface area contributed by atoms with Crippen LogP contribution in [0.1, 0.15) is 0 Å². The van der Waals surface area contributed by atoms with Gasteiger partial charge in [0.25, 0.3) is 0 Å². The van der Waals surface area contributed by atoms with Gasteiger partial charge < -0.3 is 4.59 Å². The summed E-state index contributed by atoms with van der Waals surface area (Å²) in [5.74, 6) is -2.39. The van der Waals surface area contributed by atoms with Crippen molar-refractivity contribution in [2.75, 3.05) is 0 Å². The van der Waals surface area contributed by atoms with Crippen molar-refractivity contribution in [3.05, 3.63) is 36.0 Å². The van der Waals surface area contributed by atoms with Crippen molar-refractivity contribution >= 4 is 24.9 Å². The van der Waals surface area contributed by atoms with Gasteiger partial charge >= 0.3 is 0 Å². The van der Waals surface area contributed by atoms with Crippen LogP contribution in [0.5, 0.6) is 0 Å². The molecule has 0 aliphatic heterocycles. The van der Waals surface area contributed by atoms with Crippen LogP contribution in [0.15, 0.2) is 34.3 Å². The van der Waals surface area contributed by atoms with Gasteiger partial charge in [-0.25, -0.2) is 17.2 Å². The van der Waals surface area contributed by atoms with Gasteiger partial charge in [0.2, 0.25) is 22.2 Å². The molecular formula is C8H4B2F2N3O2S. The molecule has 2 aromatic rings. The second-order valence-electron chi connectivity index (χ2n) is 3.27. The van der Waals surface area contributed by atoms with Crippen LogP contribution in [0.3, 0.4) is 0 Å². The van der Waals surface area contributed by atoms with E-state index in [-0.39, 0.29) is 0 Å². The van der Waals surface area contributed by atoms with Crippen molar-refractivity contribution in [1.29, 1.82) is 0 Å². The molecule has 0 spiro atoms. The molecule has 1 aromatic heterocycles. The second kappa shape index (κ2) is 4.52. The first-order valence-electron chi connectivity index (χ1n) is 4.62. The second-order valence-corrected chi connectivity index (χ2v) is 5.16. The van der Waals surface area contributed by atoms with E-state index < -0.39 is 31.4 Å². The van der Waals surface area contributed by atoms with Crippen LogP contribution in [0, 0.1) is 11.6 Å². The van der Waals surface area contributed by atoms with Crippen LogP contribution in [-0.2, 0) is 9.84 Å². The van der Waals surface area contributed by atoms with E-state index in [1.165, 1.54) is 0 Å². The number of hydrogen-bond acceptors (Lipinski definition) is 4. The van der Waals surface area contributed by atoms with Crippen molar-refractivity contribution in [2.45, 2.75) is 9.92 Å². The van der Waals surface area contributed by atoms with Gasteiger partial charge in [-0.15, -0.1) is 5.10 Å². The molecule has 3 radical (unpaired) electrons. The maximum Gasteiger partial charge on any atom is 0.227 e. The van der Waals surface area contributed by atoms with E-state index >= 15 is 0 Å². The fourth-order valence-electron chi connectivity index (χ4n) is 1.22. The average molecular weight is 266 g/mol. The highest BCUT2D eigenvalue weighted by Gasteiger charge is 2.22. The van der Waals surface area contributed by atoms with Crippen molar-refractivity contribution in [2.24, 2.45) is 0 Å². The zero-order valence-corrected chi connectivity index (χ0v) is 9.60. The molecule has 1 heterocycles. The molecule has 0 aliphatic carbocycles. The minimum atomic E-state index is -4.04. The van der Waals surface area contributed by atoms with Crippen LogP contribution in [0.25, 0.3) is 0 Å². The van der Waals surface area contributed by atoms with Gasteiger partial charge in [0, 0.05) is 13.9 Å². The normalized spacial score (nSPS) is 11.4. The van der Waals surface area contributed by atoms with Gasteiger partial charge in [-0.2, -0.15) is 0 Å². The third-order valence-corrected chi connectivity index (χ3v) is 3.73. The van der Waals surface area contributed by atoms with E-state index in [2.05, 4.69) is 10.3 Å². The first kappa shape index (κ1) is 12.7. The summed E-state index contributed by atoms with van der Waals surface area (Å²) in [5.41, 5.74) is 0. The van der Waals surface area contributed by atoms with Gasteiger partial charge in [-0.05, 0) is 18.2 Å². The standard InChI is InChI=1S/C8H4B2F2N3O2S/c9-10-15-4-8(13-14-15)18(16,17)5-1-2-6(11)7(12)3-5/h1-4H. The SMILES string of the molecule is [B][B]n1cc(S(=O)(=O)c2ccc(F)c(F)c2)nn1. The molecule has 0 saturated heterocycles. The molecule has 5 nitrogen and oxygen atoms in total. The molecule has 10 heteroatoms.